The lowest BCUT2D eigenvalue weighted by Gasteiger charge is -2.26. The molecule has 8 nitrogen and oxygen atoms in total. The van der Waals surface area contributed by atoms with Gasteiger partial charge in [0.1, 0.15) is 5.69 Å². The number of aromatic nitrogens is 4. The predicted molar refractivity (Wildman–Crippen MR) is 72.8 cm³/mol. The predicted octanol–water partition coefficient (Wildman–Crippen LogP) is 2.06. The Morgan fingerprint density at radius 1 is 1.48 bits per heavy atom. The Morgan fingerprint density at radius 2 is 2.33 bits per heavy atom. The van der Waals surface area contributed by atoms with Gasteiger partial charge in [0.15, 0.2) is 0 Å². The fourth-order valence-electron chi connectivity index (χ4n) is 2.80. The Hall–Kier alpha value is -2.38. The van der Waals surface area contributed by atoms with E-state index in [-0.39, 0.29) is 12.0 Å². The maximum atomic E-state index is 10.7. The number of nitrogens with one attached hydrogen (secondary N) is 2. The van der Waals surface area contributed by atoms with Crippen molar-refractivity contribution in [3.8, 4) is 11.6 Å². The van der Waals surface area contributed by atoms with Crippen LogP contribution in [0.3, 0.4) is 0 Å². The van der Waals surface area contributed by atoms with E-state index in [1.807, 2.05) is 6.92 Å². The average Bonchev–Trinajstić information content (AvgIpc) is 3.06. The quantitative estimate of drug-likeness (QED) is 0.796. The molecule has 8 heteroatoms. The topological polar surface area (TPSA) is 117 Å². The highest BCUT2D eigenvalue weighted by Gasteiger charge is 2.28. The van der Waals surface area contributed by atoms with Gasteiger partial charge in [-0.05, 0) is 26.2 Å². The van der Waals surface area contributed by atoms with E-state index in [9.17, 15) is 4.79 Å². The number of aromatic amines is 1. The zero-order valence-electron chi connectivity index (χ0n) is 11.7. The van der Waals surface area contributed by atoms with E-state index in [1.165, 1.54) is 0 Å². The van der Waals surface area contributed by atoms with Crippen molar-refractivity contribution in [2.45, 2.75) is 44.6 Å². The second-order valence-corrected chi connectivity index (χ2v) is 5.32. The Balaban J connectivity index is 1.74. The highest BCUT2D eigenvalue weighted by Crippen LogP contribution is 2.33. The third-order valence-corrected chi connectivity index (χ3v) is 3.83. The van der Waals surface area contributed by atoms with Crippen LogP contribution < -0.4 is 5.32 Å². The maximum Gasteiger partial charge on any atom is 0.404 e. The SMILES string of the molecule is Cc1nc[nH]c1-c1nnc([C@H]2CCC[C@@H](NC(=O)O)C2)o1. The van der Waals surface area contributed by atoms with Gasteiger partial charge in [-0.25, -0.2) is 9.78 Å². The lowest BCUT2D eigenvalue weighted by Crippen LogP contribution is -2.37. The molecule has 0 radical (unpaired) electrons. The standard InChI is InChI=1S/C13H17N5O3/c1-7-10(15-6-14-7)12-18-17-11(21-12)8-3-2-4-9(5-8)16-13(19)20/h6,8-9,16H,2-5H2,1H3,(H,14,15)(H,19,20)/t8-,9+/m0/s1. The summed E-state index contributed by atoms with van der Waals surface area (Å²) in [4.78, 5) is 17.8. The van der Waals surface area contributed by atoms with Crippen LogP contribution in [0.15, 0.2) is 10.7 Å². The first-order chi connectivity index (χ1) is 10.1. The summed E-state index contributed by atoms with van der Waals surface area (Å²) in [5.41, 5.74) is 1.53. The van der Waals surface area contributed by atoms with E-state index in [0.717, 1.165) is 30.7 Å². The molecule has 3 rings (SSSR count). The number of hydrogen-bond acceptors (Lipinski definition) is 5. The first-order valence-electron chi connectivity index (χ1n) is 6.96. The van der Waals surface area contributed by atoms with Gasteiger partial charge < -0.3 is 19.8 Å². The summed E-state index contributed by atoms with van der Waals surface area (Å²) >= 11 is 0. The van der Waals surface area contributed by atoms with E-state index >= 15 is 0 Å². The molecule has 3 N–H and O–H groups in total. The summed E-state index contributed by atoms with van der Waals surface area (Å²) in [6.45, 7) is 1.86. The molecule has 1 aliphatic rings. The van der Waals surface area contributed by atoms with Crippen molar-refractivity contribution in [1.29, 1.82) is 0 Å². The van der Waals surface area contributed by atoms with Crippen LogP contribution >= 0.6 is 0 Å². The molecule has 2 heterocycles. The second kappa shape index (κ2) is 5.55. The molecule has 0 aliphatic heterocycles. The highest BCUT2D eigenvalue weighted by atomic mass is 16.4. The van der Waals surface area contributed by atoms with Gasteiger partial charge in [0.2, 0.25) is 5.89 Å². The van der Waals surface area contributed by atoms with Gasteiger partial charge >= 0.3 is 6.09 Å². The van der Waals surface area contributed by atoms with Crippen molar-refractivity contribution in [1.82, 2.24) is 25.5 Å². The first-order valence-corrected chi connectivity index (χ1v) is 6.96. The normalized spacial score (nSPS) is 22.1. The monoisotopic (exact) mass is 291 g/mol. The molecule has 1 aliphatic carbocycles. The van der Waals surface area contributed by atoms with Gasteiger partial charge in [-0.3, -0.25) is 0 Å². The Morgan fingerprint density at radius 3 is 3.05 bits per heavy atom. The number of carboxylic acid groups (broad SMARTS) is 1. The smallest absolute Gasteiger partial charge is 0.404 e. The van der Waals surface area contributed by atoms with Gasteiger partial charge in [0, 0.05) is 12.0 Å². The summed E-state index contributed by atoms with van der Waals surface area (Å²) in [5, 5.41) is 19.5. The van der Waals surface area contributed by atoms with E-state index in [1.54, 1.807) is 6.33 Å². The number of rotatable bonds is 3. The lowest BCUT2D eigenvalue weighted by molar-refractivity contribution is 0.183. The number of hydrogen-bond donors (Lipinski definition) is 3. The average molecular weight is 291 g/mol. The largest absolute Gasteiger partial charge is 0.465 e. The fraction of sp³-hybridized carbons (Fsp3) is 0.538. The number of carbonyl (C=O) groups is 1. The van der Waals surface area contributed by atoms with Crippen LogP contribution in [0, 0.1) is 6.92 Å². The molecule has 0 aromatic carbocycles. The van der Waals surface area contributed by atoms with Gasteiger partial charge in [-0.1, -0.05) is 6.42 Å². The van der Waals surface area contributed by atoms with Crippen molar-refractivity contribution in [3.05, 3.63) is 17.9 Å². The third-order valence-electron chi connectivity index (χ3n) is 3.83. The molecule has 0 saturated heterocycles. The third kappa shape index (κ3) is 2.88. The van der Waals surface area contributed by atoms with Gasteiger partial charge in [-0.15, -0.1) is 10.2 Å². The molecule has 0 bridgehead atoms. The van der Waals surface area contributed by atoms with Crippen molar-refractivity contribution in [3.63, 3.8) is 0 Å². The number of H-pyrrole nitrogens is 1. The fourth-order valence-corrected chi connectivity index (χ4v) is 2.80. The van der Waals surface area contributed by atoms with Crippen molar-refractivity contribution >= 4 is 6.09 Å². The molecule has 21 heavy (non-hydrogen) atoms. The van der Waals surface area contributed by atoms with E-state index < -0.39 is 6.09 Å². The Bertz CT molecular complexity index is 635. The number of imidazole rings is 1. The van der Waals surface area contributed by atoms with Gasteiger partial charge in [-0.2, -0.15) is 0 Å². The van der Waals surface area contributed by atoms with Crippen LogP contribution in [0.25, 0.3) is 11.6 Å². The maximum absolute atomic E-state index is 10.7. The van der Waals surface area contributed by atoms with Crippen LogP contribution in [0.5, 0.6) is 0 Å². The van der Waals surface area contributed by atoms with Crippen LogP contribution in [0.4, 0.5) is 4.79 Å². The van der Waals surface area contributed by atoms with E-state index in [4.69, 9.17) is 9.52 Å². The Labute approximate surface area is 121 Å². The molecular weight excluding hydrogens is 274 g/mol. The molecular formula is C13H17N5O3. The molecule has 1 saturated carbocycles. The van der Waals surface area contributed by atoms with Crippen LogP contribution in [-0.2, 0) is 0 Å². The summed E-state index contributed by atoms with van der Waals surface area (Å²) in [6, 6.07) is -0.0505. The molecule has 2 aromatic rings. The summed E-state index contributed by atoms with van der Waals surface area (Å²) < 4.78 is 5.73. The van der Waals surface area contributed by atoms with Crippen molar-refractivity contribution < 1.29 is 14.3 Å². The summed E-state index contributed by atoms with van der Waals surface area (Å²) in [6.07, 6.45) is 4.01. The molecule has 2 atom stereocenters. The zero-order valence-corrected chi connectivity index (χ0v) is 11.7. The van der Waals surface area contributed by atoms with Crippen LogP contribution in [-0.4, -0.2) is 37.4 Å². The molecule has 1 fully saturated rings. The minimum atomic E-state index is -0.986. The highest BCUT2D eigenvalue weighted by molar-refractivity contribution is 5.64. The summed E-state index contributed by atoms with van der Waals surface area (Å²) in [5.74, 6) is 1.09. The van der Waals surface area contributed by atoms with E-state index in [0.29, 0.717) is 18.2 Å². The molecule has 112 valence electrons. The molecule has 1 amide bonds. The van der Waals surface area contributed by atoms with Gasteiger partial charge in [0.25, 0.3) is 5.89 Å². The molecule has 0 unspecified atom stereocenters. The number of aryl methyl sites for hydroxylation is 1. The van der Waals surface area contributed by atoms with E-state index in [2.05, 4.69) is 25.5 Å². The second-order valence-electron chi connectivity index (χ2n) is 5.32. The van der Waals surface area contributed by atoms with Crippen LogP contribution in [0.2, 0.25) is 0 Å². The molecule has 2 aromatic heterocycles. The lowest BCUT2D eigenvalue weighted by atomic mass is 9.86. The van der Waals surface area contributed by atoms with Gasteiger partial charge in [0.05, 0.1) is 12.0 Å². The van der Waals surface area contributed by atoms with Crippen molar-refractivity contribution in [2.24, 2.45) is 0 Å². The van der Waals surface area contributed by atoms with Crippen molar-refractivity contribution in [2.75, 3.05) is 0 Å². The number of amides is 1. The minimum Gasteiger partial charge on any atom is -0.465 e. The number of nitrogens with zero attached hydrogens (tertiary/aromatic N) is 3. The molecule has 0 spiro atoms. The van der Waals surface area contributed by atoms with Crippen LogP contribution in [0.1, 0.15) is 43.2 Å². The minimum absolute atomic E-state index is 0.0505. The first kappa shape index (κ1) is 13.6. The summed E-state index contributed by atoms with van der Waals surface area (Å²) in [7, 11) is 0. The Kier molecular flexibility index (Phi) is 3.59. The zero-order chi connectivity index (χ0) is 14.8.